The van der Waals surface area contributed by atoms with E-state index in [1.165, 1.54) is 0 Å². The van der Waals surface area contributed by atoms with Crippen LogP contribution in [0.5, 0.6) is 0 Å². The molecule has 0 aliphatic heterocycles. The average Bonchev–Trinajstić information content (AvgIpc) is 2.01. The van der Waals surface area contributed by atoms with Crippen LogP contribution < -0.4 is 0 Å². The molecular weight excluding hydrogens is 233 g/mol. The van der Waals surface area contributed by atoms with E-state index in [4.69, 9.17) is 11.6 Å². The number of alkyl halides is 3. The first kappa shape index (κ1) is 11.7. The van der Waals surface area contributed by atoms with Crippen LogP contribution in [0, 0.1) is 0 Å². The minimum atomic E-state index is -4.08. The van der Waals surface area contributed by atoms with E-state index in [1.807, 2.05) is 0 Å². The van der Waals surface area contributed by atoms with Gasteiger partial charge in [0.25, 0.3) is 0 Å². The monoisotopic (exact) mass is 240 g/mol. The van der Waals surface area contributed by atoms with Gasteiger partial charge in [-0.05, 0) is 18.2 Å². The molecule has 0 heterocycles. The molecule has 0 spiro atoms. The molecule has 0 bridgehead atoms. The first-order valence-corrected chi connectivity index (χ1v) is 5.29. The molecule has 0 N–H and O–H groups in total. The Morgan fingerprint density at radius 1 is 1.29 bits per heavy atom. The van der Waals surface area contributed by atoms with Crippen molar-refractivity contribution in [2.24, 2.45) is 0 Å². The summed E-state index contributed by atoms with van der Waals surface area (Å²) in [5.74, 6) is 0.0316. The molecule has 14 heavy (non-hydrogen) atoms. The van der Waals surface area contributed by atoms with Gasteiger partial charge < -0.3 is 0 Å². The maximum atomic E-state index is 11.8. The van der Waals surface area contributed by atoms with Crippen molar-refractivity contribution < 1.29 is 13.2 Å². The third-order valence-electron chi connectivity index (χ3n) is 1.45. The molecule has 5 heteroatoms. The van der Waals surface area contributed by atoms with Gasteiger partial charge in [0.1, 0.15) is 0 Å². The van der Waals surface area contributed by atoms with Gasteiger partial charge in [0.15, 0.2) is 0 Å². The molecule has 0 aliphatic rings. The van der Waals surface area contributed by atoms with Gasteiger partial charge in [-0.1, -0.05) is 17.7 Å². The summed E-state index contributed by atoms with van der Waals surface area (Å²) < 4.78 is 35.4. The van der Waals surface area contributed by atoms with Crippen molar-refractivity contribution in [3.8, 4) is 0 Å². The highest BCUT2D eigenvalue weighted by atomic mass is 35.5. The zero-order chi connectivity index (χ0) is 10.6. The molecule has 0 unspecified atom stereocenters. The maximum absolute atomic E-state index is 11.8. The molecular formula is C9H8ClF3S. The highest BCUT2D eigenvalue weighted by Crippen LogP contribution is 2.27. The van der Waals surface area contributed by atoms with E-state index in [0.717, 1.165) is 16.7 Å². The number of hydrogen-bond donors (Lipinski definition) is 0. The Hall–Kier alpha value is -0.350. The molecule has 0 radical (unpaired) electrons. The van der Waals surface area contributed by atoms with Crippen LogP contribution in [-0.2, 0) is 0 Å². The molecule has 0 amide bonds. The minimum absolute atomic E-state index is 0.0316. The topological polar surface area (TPSA) is 0 Å². The lowest BCUT2D eigenvalue weighted by atomic mass is 10.4. The van der Waals surface area contributed by atoms with Crippen LogP contribution in [0.2, 0.25) is 5.02 Å². The van der Waals surface area contributed by atoms with Crippen LogP contribution in [-0.4, -0.2) is 11.9 Å². The second kappa shape index (κ2) is 4.94. The quantitative estimate of drug-likeness (QED) is 0.707. The molecule has 0 aliphatic carbocycles. The molecule has 1 aromatic carbocycles. The van der Waals surface area contributed by atoms with Crippen molar-refractivity contribution in [1.82, 2.24) is 0 Å². The summed E-state index contributed by atoms with van der Waals surface area (Å²) in [6, 6.07) is 6.81. The van der Waals surface area contributed by atoms with Gasteiger partial charge in [-0.15, -0.1) is 11.8 Å². The normalized spacial score (nSPS) is 11.7. The van der Waals surface area contributed by atoms with Crippen molar-refractivity contribution in [2.75, 3.05) is 5.75 Å². The average molecular weight is 241 g/mol. The smallest absolute Gasteiger partial charge is 0.171 e. The standard InChI is InChI=1S/C9H8ClF3S/c10-7-2-1-3-8(6-7)14-5-4-9(11,12)13/h1-3,6H,4-5H2. The van der Waals surface area contributed by atoms with Gasteiger partial charge in [0, 0.05) is 15.7 Å². The summed E-state index contributed by atoms with van der Waals surface area (Å²) in [5, 5.41) is 0.544. The van der Waals surface area contributed by atoms with E-state index in [1.54, 1.807) is 24.3 Å². The fourth-order valence-electron chi connectivity index (χ4n) is 0.841. The Kier molecular flexibility index (Phi) is 4.13. The fraction of sp³-hybridized carbons (Fsp3) is 0.333. The Labute approximate surface area is 89.4 Å². The van der Waals surface area contributed by atoms with Crippen LogP contribution >= 0.6 is 23.4 Å². The minimum Gasteiger partial charge on any atom is -0.171 e. The zero-order valence-electron chi connectivity index (χ0n) is 7.14. The maximum Gasteiger partial charge on any atom is 0.389 e. The van der Waals surface area contributed by atoms with Crippen molar-refractivity contribution in [3.05, 3.63) is 29.3 Å². The highest BCUT2D eigenvalue weighted by molar-refractivity contribution is 7.99. The van der Waals surface area contributed by atoms with Crippen LogP contribution in [0.1, 0.15) is 6.42 Å². The first-order valence-electron chi connectivity index (χ1n) is 3.92. The molecule has 0 atom stereocenters. The van der Waals surface area contributed by atoms with E-state index >= 15 is 0 Å². The first-order chi connectivity index (χ1) is 6.47. The summed E-state index contributed by atoms with van der Waals surface area (Å²) in [5.41, 5.74) is 0. The third-order valence-corrected chi connectivity index (χ3v) is 2.68. The fourth-order valence-corrected chi connectivity index (χ4v) is 2.05. The lowest BCUT2D eigenvalue weighted by Gasteiger charge is -2.05. The van der Waals surface area contributed by atoms with Gasteiger partial charge in [0.2, 0.25) is 0 Å². The van der Waals surface area contributed by atoms with Gasteiger partial charge in [-0.3, -0.25) is 0 Å². The molecule has 0 saturated heterocycles. The molecule has 0 aromatic heterocycles. The third kappa shape index (κ3) is 4.77. The van der Waals surface area contributed by atoms with E-state index in [2.05, 4.69) is 0 Å². The Morgan fingerprint density at radius 2 is 2.00 bits per heavy atom. The molecule has 1 aromatic rings. The van der Waals surface area contributed by atoms with E-state index in [0.29, 0.717) is 5.02 Å². The lowest BCUT2D eigenvalue weighted by Crippen LogP contribution is -2.07. The number of hydrogen-bond acceptors (Lipinski definition) is 1. The lowest BCUT2D eigenvalue weighted by molar-refractivity contribution is -0.129. The Balaban J connectivity index is 2.39. The summed E-state index contributed by atoms with van der Waals surface area (Å²) in [6.45, 7) is 0. The van der Waals surface area contributed by atoms with Crippen molar-refractivity contribution in [1.29, 1.82) is 0 Å². The number of benzene rings is 1. The molecule has 78 valence electrons. The predicted octanol–water partition coefficient (Wildman–Crippen LogP) is 4.38. The van der Waals surface area contributed by atoms with Gasteiger partial charge in [-0.2, -0.15) is 13.2 Å². The molecule has 1 rings (SSSR count). The summed E-state index contributed by atoms with van der Waals surface area (Å²) in [6.07, 6.45) is -4.85. The second-order valence-corrected chi connectivity index (χ2v) is 4.28. The zero-order valence-corrected chi connectivity index (χ0v) is 8.72. The van der Waals surface area contributed by atoms with E-state index in [9.17, 15) is 13.2 Å². The molecule has 0 saturated carbocycles. The van der Waals surface area contributed by atoms with Crippen molar-refractivity contribution in [3.63, 3.8) is 0 Å². The summed E-state index contributed by atoms with van der Waals surface area (Å²) in [7, 11) is 0. The SMILES string of the molecule is FC(F)(F)CCSc1cccc(Cl)c1. The van der Waals surface area contributed by atoms with Crippen LogP contribution in [0.3, 0.4) is 0 Å². The highest BCUT2D eigenvalue weighted by Gasteiger charge is 2.26. The Morgan fingerprint density at radius 3 is 2.57 bits per heavy atom. The Bertz CT molecular complexity index is 298. The van der Waals surface area contributed by atoms with E-state index < -0.39 is 12.6 Å². The van der Waals surface area contributed by atoms with Crippen molar-refractivity contribution in [2.45, 2.75) is 17.5 Å². The summed E-state index contributed by atoms with van der Waals surface area (Å²) in [4.78, 5) is 0.766. The molecule has 0 nitrogen and oxygen atoms in total. The second-order valence-electron chi connectivity index (χ2n) is 2.67. The number of thioether (sulfide) groups is 1. The number of halogens is 4. The van der Waals surface area contributed by atoms with Crippen LogP contribution in [0.4, 0.5) is 13.2 Å². The predicted molar refractivity (Wildman–Crippen MR) is 52.8 cm³/mol. The van der Waals surface area contributed by atoms with Crippen molar-refractivity contribution >= 4 is 23.4 Å². The van der Waals surface area contributed by atoms with Gasteiger partial charge in [0.05, 0.1) is 6.42 Å². The molecule has 0 fully saturated rings. The largest absolute Gasteiger partial charge is 0.389 e. The van der Waals surface area contributed by atoms with Gasteiger partial charge in [-0.25, -0.2) is 0 Å². The van der Waals surface area contributed by atoms with E-state index in [-0.39, 0.29) is 5.75 Å². The summed E-state index contributed by atoms with van der Waals surface area (Å²) >= 11 is 6.84. The van der Waals surface area contributed by atoms with Crippen LogP contribution in [0.15, 0.2) is 29.2 Å². The van der Waals surface area contributed by atoms with Crippen LogP contribution in [0.25, 0.3) is 0 Å². The van der Waals surface area contributed by atoms with Gasteiger partial charge >= 0.3 is 6.18 Å². The number of rotatable bonds is 3.